The Morgan fingerprint density at radius 3 is 2.36 bits per heavy atom. The summed E-state index contributed by atoms with van der Waals surface area (Å²) in [4.78, 5) is 47.5. The molecule has 1 heterocycles. The van der Waals surface area contributed by atoms with Crippen LogP contribution in [0.2, 0.25) is 0 Å². The molecule has 0 N–H and O–H groups in total. The Bertz CT molecular complexity index is 1670. The molecule has 232 valence electrons. The predicted molar refractivity (Wildman–Crippen MR) is 169 cm³/mol. The molecule has 0 amide bonds. The highest BCUT2D eigenvalue weighted by Gasteiger charge is 2.71. The number of rotatable bonds is 1. The van der Waals surface area contributed by atoms with E-state index in [1.165, 1.54) is 0 Å². The van der Waals surface area contributed by atoms with Gasteiger partial charge in [0, 0.05) is 22.9 Å². The van der Waals surface area contributed by atoms with Gasteiger partial charge < -0.3 is 0 Å². The minimum Gasteiger partial charge on any atom is -0.295 e. The van der Waals surface area contributed by atoms with Gasteiger partial charge in [0.05, 0.1) is 16.7 Å². The number of hydrogen-bond donors (Lipinski definition) is 0. The Morgan fingerprint density at radius 2 is 1.70 bits per heavy atom. The van der Waals surface area contributed by atoms with Gasteiger partial charge in [-0.1, -0.05) is 66.0 Å². The van der Waals surface area contributed by atoms with Gasteiger partial charge in [0.15, 0.2) is 17.4 Å². The number of imidazole rings is 1. The van der Waals surface area contributed by atoms with E-state index in [0.717, 1.165) is 56.2 Å². The van der Waals surface area contributed by atoms with Gasteiger partial charge in [-0.15, -0.1) is 0 Å². The molecule has 0 bridgehead atoms. The first-order valence-corrected chi connectivity index (χ1v) is 16.4. The summed E-state index contributed by atoms with van der Waals surface area (Å²) in [5.41, 5.74) is -0.546. The average molecular weight is 594 g/mol. The highest BCUT2D eigenvalue weighted by atomic mass is 16.2. The molecule has 6 rings (SSSR count). The van der Waals surface area contributed by atoms with Crippen molar-refractivity contribution in [3.05, 3.63) is 41.0 Å². The van der Waals surface area contributed by atoms with Gasteiger partial charge in [-0.3, -0.25) is 19.0 Å². The largest absolute Gasteiger partial charge is 0.295 e. The van der Waals surface area contributed by atoms with Gasteiger partial charge in [0.25, 0.3) is 0 Å². The van der Waals surface area contributed by atoms with Crippen LogP contribution in [0.1, 0.15) is 117 Å². The van der Waals surface area contributed by atoms with Crippen LogP contribution in [0.4, 0.5) is 0 Å². The molecule has 1 aromatic rings. The first kappa shape index (κ1) is 30.8. The molecule has 1 aromatic heterocycles. The Hall–Kier alpha value is -3.25. The van der Waals surface area contributed by atoms with Gasteiger partial charge in [-0.25, -0.2) is 4.98 Å². The molecule has 7 atom stereocenters. The molecular formula is C38H47N3O3. The van der Waals surface area contributed by atoms with Crippen molar-refractivity contribution in [2.24, 2.45) is 50.2 Å². The molecule has 0 aliphatic heterocycles. The number of fused-ring (bicyclic) bond motifs is 7. The van der Waals surface area contributed by atoms with Crippen LogP contribution in [-0.4, -0.2) is 27.0 Å². The van der Waals surface area contributed by atoms with E-state index in [-0.39, 0.29) is 57.0 Å². The van der Waals surface area contributed by atoms with E-state index >= 15 is 0 Å². The molecule has 5 aliphatic rings. The number of Topliss-reactive ketones (excluding diaryl/α,β-unsaturated/α-hetero) is 1. The van der Waals surface area contributed by atoms with Crippen molar-refractivity contribution < 1.29 is 14.4 Å². The minimum absolute atomic E-state index is 0.00678. The van der Waals surface area contributed by atoms with E-state index in [0.29, 0.717) is 5.82 Å². The smallest absolute Gasteiger partial charge is 0.239 e. The SMILES string of the molecule is CC#Cc1nc(C)cn1C(=O)[C@]12CCC(C)(C)CC1C1C(=O)C=C3[C@@]4(C)C=C(C#N)C(=O)C(C)(C)[C@@H]4CC[C@@]3(C)[C@]1(C)CC2. The molecule has 0 saturated heterocycles. The van der Waals surface area contributed by atoms with Crippen LogP contribution in [0, 0.1) is 80.3 Å². The summed E-state index contributed by atoms with van der Waals surface area (Å²) in [7, 11) is 0. The first-order chi connectivity index (χ1) is 20.4. The normalized spacial score (nSPS) is 40.0. The van der Waals surface area contributed by atoms with Crippen LogP contribution in [0.15, 0.2) is 29.5 Å². The number of hydrogen-bond acceptors (Lipinski definition) is 5. The minimum atomic E-state index is -0.693. The molecule has 2 unspecified atom stereocenters. The second-order valence-electron chi connectivity index (χ2n) is 16.7. The summed E-state index contributed by atoms with van der Waals surface area (Å²) in [6.07, 6.45) is 11.3. The van der Waals surface area contributed by atoms with E-state index < -0.39 is 16.2 Å². The van der Waals surface area contributed by atoms with E-state index in [1.54, 1.807) is 11.5 Å². The standard InChI is InChI=1S/C38H47N3O3/c1-10-11-29-40-23(2)22-41(29)32(44)38-16-14-33(3,4)20-25(38)30-26(42)18-28-35(7)19-24(21-39)31(43)34(5,6)27(35)12-13-36(28,8)37(30,9)15-17-38/h18-19,22,25,27,30H,12-17,20H2,1-9H3/t25?,27-,30?,35-,36+,37+,38-/m0/s1. The van der Waals surface area contributed by atoms with Crippen molar-refractivity contribution in [3.8, 4) is 17.9 Å². The van der Waals surface area contributed by atoms with E-state index in [1.807, 2.05) is 39.1 Å². The molecule has 3 fully saturated rings. The molecule has 0 aromatic carbocycles. The van der Waals surface area contributed by atoms with Crippen LogP contribution >= 0.6 is 0 Å². The molecule has 6 heteroatoms. The fourth-order valence-electron chi connectivity index (χ4n) is 11.1. The number of aromatic nitrogens is 2. The molecule has 6 nitrogen and oxygen atoms in total. The number of nitrogens with zero attached hydrogens (tertiary/aromatic N) is 3. The Labute approximate surface area is 262 Å². The maximum absolute atomic E-state index is 14.8. The zero-order valence-electron chi connectivity index (χ0n) is 28.0. The van der Waals surface area contributed by atoms with E-state index in [9.17, 15) is 19.6 Å². The lowest BCUT2D eigenvalue weighted by atomic mass is 9.34. The Morgan fingerprint density at radius 1 is 1.02 bits per heavy atom. The number of ketones is 2. The quantitative estimate of drug-likeness (QED) is 0.316. The van der Waals surface area contributed by atoms with Crippen molar-refractivity contribution in [3.63, 3.8) is 0 Å². The summed E-state index contributed by atoms with van der Waals surface area (Å²) in [6.45, 7) is 19.0. The summed E-state index contributed by atoms with van der Waals surface area (Å²) < 4.78 is 1.68. The zero-order valence-corrected chi connectivity index (χ0v) is 28.0. The van der Waals surface area contributed by atoms with Crippen molar-refractivity contribution in [2.45, 2.75) is 107 Å². The molecule has 0 spiro atoms. The van der Waals surface area contributed by atoms with Crippen molar-refractivity contribution in [2.75, 3.05) is 0 Å². The number of carbonyl (C=O) groups excluding carboxylic acids is 3. The number of allylic oxidation sites excluding steroid dienone is 4. The third-order valence-corrected chi connectivity index (χ3v) is 13.6. The van der Waals surface area contributed by atoms with Gasteiger partial charge in [-0.05, 0) is 98.9 Å². The maximum Gasteiger partial charge on any atom is 0.239 e. The lowest BCUT2D eigenvalue weighted by Gasteiger charge is -2.69. The van der Waals surface area contributed by atoms with Crippen LogP contribution < -0.4 is 0 Å². The topological polar surface area (TPSA) is 92.8 Å². The monoisotopic (exact) mass is 593 g/mol. The number of nitriles is 1. The maximum atomic E-state index is 14.8. The van der Waals surface area contributed by atoms with Gasteiger partial charge >= 0.3 is 0 Å². The summed E-state index contributed by atoms with van der Waals surface area (Å²) in [5.74, 6) is 6.10. The van der Waals surface area contributed by atoms with Crippen molar-refractivity contribution in [1.82, 2.24) is 9.55 Å². The second kappa shape index (κ2) is 9.38. The number of carbonyl (C=O) groups is 3. The number of aryl methyl sites for hydroxylation is 1. The summed E-state index contributed by atoms with van der Waals surface area (Å²) >= 11 is 0. The summed E-state index contributed by atoms with van der Waals surface area (Å²) in [6, 6.07) is 2.19. The lowest BCUT2D eigenvalue weighted by Crippen LogP contribution is -2.66. The highest BCUT2D eigenvalue weighted by Crippen LogP contribution is 2.74. The van der Waals surface area contributed by atoms with Crippen LogP contribution in [0.3, 0.4) is 0 Å². The van der Waals surface area contributed by atoms with Crippen LogP contribution in [0.5, 0.6) is 0 Å². The Balaban J connectivity index is 1.52. The van der Waals surface area contributed by atoms with Crippen molar-refractivity contribution >= 4 is 17.5 Å². The Kier molecular flexibility index (Phi) is 6.56. The van der Waals surface area contributed by atoms with E-state index in [2.05, 4.69) is 57.5 Å². The summed E-state index contributed by atoms with van der Waals surface area (Å²) in [5, 5.41) is 9.98. The predicted octanol–water partition coefficient (Wildman–Crippen LogP) is 7.42. The van der Waals surface area contributed by atoms with Crippen LogP contribution in [0.25, 0.3) is 0 Å². The molecule has 5 aliphatic carbocycles. The lowest BCUT2D eigenvalue weighted by molar-refractivity contribution is -0.164. The third-order valence-electron chi connectivity index (χ3n) is 13.6. The zero-order chi connectivity index (χ0) is 32.3. The third kappa shape index (κ3) is 3.79. The average Bonchev–Trinajstić information content (AvgIpc) is 3.31. The van der Waals surface area contributed by atoms with Crippen molar-refractivity contribution in [1.29, 1.82) is 5.26 Å². The fraction of sp³-hybridized carbons (Fsp3) is 0.658. The molecule has 44 heavy (non-hydrogen) atoms. The van der Waals surface area contributed by atoms with E-state index in [4.69, 9.17) is 0 Å². The second-order valence-corrected chi connectivity index (χ2v) is 16.7. The van der Waals surface area contributed by atoms with Gasteiger partial charge in [0.2, 0.25) is 5.91 Å². The first-order valence-electron chi connectivity index (χ1n) is 16.4. The van der Waals surface area contributed by atoms with Crippen LogP contribution in [-0.2, 0) is 9.59 Å². The molecule has 0 radical (unpaired) electrons. The van der Waals surface area contributed by atoms with Gasteiger partial charge in [0.1, 0.15) is 6.07 Å². The van der Waals surface area contributed by atoms with Gasteiger partial charge in [-0.2, -0.15) is 5.26 Å². The molecule has 3 saturated carbocycles. The highest BCUT2D eigenvalue weighted by molar-refractivity contribution is 6.04. The fourth-order valence-corrected chi connectivity index (χ4v) is 11.1. The molecular weight excluding hydrogens is 546 g/mol.